The molecule has 0 aromatic carbocycles. The summed E-state index contributed by atoms with van der Waals surface area (Å²) in [5, 5.41) is 19.8. The number of allylic oxidation sites excluding steroid dienone is 1. The molecule has 0 saturated carbocycles. The molecular weight excluding hydrogens is 350 g/mol. The molecule has 27 heavy (non-hydrogen) atoms. The Morgan fingerprint density at radius 2 is 2.33 bits per heavy atom. The third kappa shape index (κ3) is 3.08. The van der Waals surface area contributed by atoms with Gasteiger partial charge in [0.15, 0.2) is 11.3 Å². The fraction of sp³-hybridized carbons (Fsp3) is 0.316. The van der Waals surface area contributed by atoms with Gasteiger partial charge in [-0.25, -0.2) is 9.78 Å². The van der Waals surface area contributed by atoms with Gasteiger partial charge in [-0.3, -0.25) is 4.79 Å². The number of carbonyl (C=O) groups is 2. The first-order valence-corrected chi connectivity index (χ1v) is 8.78. The van der Waals surface area contributed by atoms with E-state index >= 15 is 0 Å². The summed E-state index contributed by atoms with van der Waals surface area (Å²) in [6.07, 6.45) is 6.55. The number of nitrogens with zero attached hydrogens (tertiary/aromatic N) is 2. The number of carbonyl (C=O) groups excluding carboxylic acids is 1. The molecular formula is C19H19N3O5. The summed E-state index contributed by atoms with van der Waals surface area (Å²) in [6, 6.07) is 3.64. The number of aliphatic hydroxyl groups is 1. The maximum atomic E-state index is 12.7. The highest BCUT2D eigenvalue weighted by atomic mass is 16.5. The van der Waals surface area contributed by atoms with Gasteiger partial charge in [0.05, 0.1) is 0 Å². The van der Waals surface area contributed by atoms with Gasteiger partial charge >= 0.3 is 5.97 Å². The number of ketones is 1. The predicted octanol–water partition coefficient (Wildman–Crippen LogP) is 1.50. The third-order valence-corrected chi connectivity index (χ3v) is 4.92. The van der Waals surface area contributed by atoms with Crippen LogP contribution in [0.5, 0.6) is 0 Å². The first-order chi connectivity index (χ1) is 13.1. The lowest BCUT2D eigenvalue weighted by molar-refractivity contribution is -0.134. The zero-order valence-corrected chi connectivity index (χ0v) is 14.5. The molecule has 1 atom stereocenters. The number of carboxylic acid groups (broad SMARTS) is 1. The van der Waals surface area contributed by atoms with Crippen molar-refractivity contribution in [1.29, 1.82) is 0 Å². The number of aromatic nitrogens is 2. The topological polar surface area (TPSA) is 116 Å². The van der Waals surface area contributed by atoms with Crippen LogP contribution in [-0.4, -0.2) is 56.5 Å². The second-order valence-electron chi connectivity index (χ2n) is 6.71. The number of Topliss-reactive ketones (excluding diaryl/α,β-unsaturated/α-hetero) is 1. The van der Waals surface area contributed by atoms with Crippen molar-refractivity contribution in [2.45, 2.75) is 12.8 Å². The number of aliphatic carboxylic acids is 1. The van der Waals surface area contributed by atoms with E-state index in [9.17, 15) is 19.8 Å². The standard InChI is InChI=1S/C19H19N3O5/c23-10-11-3-2-6-22(9-11)18-15(19(25)26)16(24)14(27-18)7-12-8-21-17-13(12)4-1-5-20-17/h1,4-5,7-8,11,23H,2-3,6,9-10H2,(H,20,21)(H,25,26)/b14-7-. The van der Waals surface area contributed by atoms with Gasteiger partial charge in [-0.1, -0.05) is 0 Å². The Labute approximate surface area is 154 Å². The Kier molecular flexibility index (Phi) is 4.41. The van der Waals surface area contributed by atoms with Crippen molar-refractivity contribution >= 4 is 28.9 Å². The van der Waals surface area contributed by atoms with Crippen molar-refractivity contribution in [2.75, 3.05) is 19.7 Å². The van der Waals surface area contributed by atoms with Crippen LogP contribution in [0.2, 0.25) is 0 Å². The minimum absolute atomic E-state index is 0.0190. The van der Waals surface area contributed by atoms with Gasteiger partial charge in [0.1, 0.15) is 5.65 Å². The summed E-state index contributed by atoms with van der Waals surface area (Å²) >= 11 is 0. The van der Waals surface area contributed by atoms with Gasteiger partial charge in [0, 0.05) is 43.0 Å². The molecule has 2 aliphatic rings. The van der Waals surface area contributed by atoms with Crippen molar-refractivity contribution in [3.05, 3.63) is 47.3 Å². The summed E-state index contributed by atoms with van der Waals surface area (Å²) < 4.78 is 5.72. The zero-order chi connectivity index (χ0) is 19.0. The molecule has 4 heterocycles. The molecule has 1 saturated heterocycles. The number of likely N-dealkylation sites (tertiary alicyclic amines) is 1. The molecule has 0 spiro atoms. The Morgan fingerprint density at radius 3 is 3.11 bits per heavy atom. The summed E-state index contributed by atoms with van der Waals surface area (Å²) in [4.78, 5) is 33.3. The Morgan fingerprint density at radius 1 is 1.48 bits per heavy atom. The van der Waals surface area contributed by atoms with E-state index in [4.69, 9.17) is 4.74 Å². The van der Waals surface area contributed by atoms with Gasteiger partial charge < -0.3 is 24.8 Å². The number of rotatable bonds is 4. The van der Waals surface area contributed by atoms with E-state index in [1.54, 1.807) is 23.4 Å². The first kappa shape index (κ1) is 17.3. The van der Waals surface area contributed by atoms with Gasteiger partial charge in [-0.2, -0.15) is 0 Å². The van der Waals surface area contributed by atoms with Crippen LogP contribution < -0.4 is 0 Å². The number of H-pyrrole nitrogens is 1. The van der Waals surface area contributed by atoms with E-state index in [0.29, 0.717) is 24.3 Å². The molecule has 3 N–H and O–H groups in total. The molecule has 140 valence electrons. The van der Waals surface area contributed by atoms with Gasteiger partial charge in [0.25, 0.3) is 0 Å². The van der Waals surface area contributed by atoms with Crippen LogP contribution in [0, 0.1) is 5.92 Å². The third-order valence-electron chi connectivity index (χ3n) is 4.92. The van der Waals surface area contributed by atoms with Crippen LogP contribution in [0.15, 0.2) is 41.7 Å². The van der Waals surface area contributed by atoms with E-state index in [2.05, 4.69) is 9.97 Å². The predicted molar refractivity (Wildman–Crippen MR) is 96.2 cm³/mol. The maximum absolute atomic E-state index is 12.7. The van der Waals surface area contributed by atoms with Crippen molar-refractivity contribution in [1.82, 2.24) is 14.9 Å². The van der Waals surface area contributed by atoms with E-state index in [1.165, 1.54) is 6.08 Å². The van der Waals surface area contributed by atoms with Crippen LogP contribution in [0.3, 0.4) is 0 Å². The quantitative estimate of drug-likeness (QED) is 0.552. The number of fused-ring (bicyclic) bond motifs is 1. The number of pyridine rings is 1. The number of nitrogens with one attached hydrogen (secondary N) is 1. The Bertz CT molecular complexity index is 975. The molecule has 1 fully saturated rings. The van der Waals surface area contributed by atoms with Crippen molar-refractivity contribution in [3.8, 4) is 0 Å². The molecule has 1 unspecified atom stereocenters. The molecule has 4 rings (SSSR count). The Hall–Kier alpha value is -3.13. The van der Waals surface area contributed by atoms with Crippen molar-refractivity contribution < 1.29 is 24.5 Å². The molecule has 0 aliphatic carbocycles. The number of hydrogen-bond acceptors (Lipinski definition) is 6. The summed E-state index contributed by atoms with van der Waals surface area (Å²) in [7, 11) is 0. The number of hydrogen-bond donors (Lipinski definition) is 3. The van der Waals surface area contributed by atoms with E-state index in [-0.39, 0.29) is 29.7 Å². The fourth-order valence-electron chi connectivity index (χ4n) is 3.56. The normalized spacial score (nSPS) is 22.0. The average Bonchev–Trinajstić information content (AvgIpc) is 3.24. The van der Waals surface area contributed by atoms with Gasteiger partial charge in [-0.05, 0) is 37.0 Å². The molecule has 2 aromatic heterocycles. The SMILES string of the molecule is O=C(O)C1=C(N2CCCC(CO)C2)O/C(=C\c2c[nH]c3ncccc23)C1=O. The van der Waals surface area contributed by atoms with Crippen LogP contribution >= 0.6 is 0 Å². The van der Waals surface area contributed by atoms with Crippen LogP contribution in [0.4, 0.5) is 0 Å². The minimum atomic E-state index is -1.31. The zero-order valence-electron chi connectivity index (χ0n) is 14.5. The number of aliphatic hydroxyl groups excluding tert-OH is 1. The largest absolute Gasteiger partial charge is 0.477 e. The lowest BCUT2D eigenvalue weighted by Crippen LogP contribution is -2.37. The second kappa shape index (κ2) is 6.88. The Balaban J connectivity index is 1.68. The van der Waals surface area contributed by atoms with Crippen molar-refractivity contribution in [3.63, 3.8) is 0 Å². The van der Waals surface area contributed by atoms with E-state index in [1.807, 2.05) is 6.07 Å². The van der Waals surface area contributed by atoms with Gasteiger partial charge in [0.2, 0.25) is 11.7 Å². The van der Waals surface area contributed by atoms with Crippen molar-refractivity contribution in [2.24, 2.45) is 5.92 Å². The average molecular weight is 369 g/mol. The number of piperidine rings is 1. The smallest absolute Gasteiger partial charge is 0.345 e. The molecule has 0 radical (unpaired) electrons. The van der Waals surface area contributed by atoms with E-state index < -0.39 is 11.8 Å². The molecule has 0 amide bonds. The molecule has 2 aliphatic heterocycles. The fourth-order valence-corrected chi connectivity index (χ4v) is 3.56. The highest BCUT2D eigenvalue weighted by Gasteiger charge is 2.39. The monoisotopic (exact) mass is 369 g/mol. The number of ether oxygens (including phenoxy) is 1. The second-order valence-corrected chi connectivity index (χ2v) is 6.71. The molecule has 0 bridgehead atoms. The van der Waals surface area contributed by atoms with E-state index in [0.717, 1.165) is 18.2 Å². The minimum Gasteiger partial charge on any atom is -0.477 e. The van der Waals surface area contributed by atoms with Gasteiger partial charge in [-0.15, -0.1) is 0 Å². The summed E-state index contributed by atoms with van der Waals surface area (Å²) in [5.41, 5.74) is 1.00. The van der Waals surface area contributed by atoms with Crippen LogP contribution in [0.25, 0.3) is 17.1 Å². The number of carboxylic acids is 1. The lowest BCUT2D eigenvalue weighted by Gasteiger charge is -2.33. The molecule has 8 heteroatoms. The molecule has 8 nitrogen and oxygen atoms in total. The highest BCUT2D eigenvalue weighted by Crippen LogP contribution is 2.32. The number of aromatic amines is 1. The summed E-state index contributed by atoms with van der Waals surface area (Å²) in [6.45, 7) is 1.06. The maximum Gasteiger partial charge on any atom is 0.345 e. The van der Waals surface area contributed by atoms with Crippen LogP contribution in [0.1, 0.15) is 18.4 Å². The summed E-state index contributed by atoms with van der Waals surface area (Å²) in [5.74, 6) is -1.90. The highest BCUT2D eigenvalue weighted by molar-refractivity contribution is 6.26. The lowest BCUT2D eigenvalue weighted by atomic mass is 9.99. The van der Waals surface area contributed by atoms with Crippen LogP contribution in [-0.2, 0) is 14.3 Å². The first-order valence-electron chi connectivity index (χ1n) is 8.78. The molecule has 2 aromatic rings.